The second-order valence-corrected chi connectivity index (χ2v) is 23.3. The molecule has 0 amide bonds. The zero-order chi connectivity index (χ0) is 58.6. The van der Waals surface area contributed by atoms with E-state index in [1.54, 1.807) is 98.2 Å². The summed E-state index contributed by atoms with van der Waals surface area (Å²) in [5.74, 6) is -6.07. The van der Waals surface area contributed by atoms with E-state index in [9.17, 15) is 44.5 Å². The molecular weight excluding hydrogens is 1030 g/mol. The summed E-state index contributed by atoms with van der Waals surface area (Å²) in [7, 11) is 8.68. The molecular formula is C56H87N5O18. The van der Waals surface area contributed by atoms with Crippen molar-refractivity contribution in [1.82, 2.24) is 14.9 Å². The van der Waals surface area contributed by atoms with Crippen molar-refractivity contribution in [3.63, 3.8) is 0 Å². The molecule has 0 radical (unpaired) electrons. The number of esters is 2. The summed E-state index contributed by atoms with van der Waals surface area (Å²) >= 11 is 0. The normalized spacial score (nSPS) is 37.2. The van der Waals surface area contributed by atoms with Crippen molar-refractivity contribution < 1.29 is 82.3 Å². The van der Waals surface area contributed by atoms with Gasteiger partial charge in [0.1, 0.15) is 23.4 Å². The minimum atomic E-state index is -1.83. The van der Waals surface area contributed by atoms with E-state index < -0.39 is 125 Å². The average Bonchev–Trinajstić information content (AvgIpc) is 3.76. The lowest BCUT2D eigenvalue weighted by molar-refractivity contribution is -0.318. The molecule has 79 heavy (non-hydrogen) atoms. The molecule has 0 aliphatic carbocycles. The number of ether oxygens (including phenoxy) is 9. The van der Waals surface area contributed by atoms with Gasteiger partial charge in [-0.3, -0.25) is 19.1 Å². The third-order valence-corrected chi connectivity index (χ3v) is 16.7. The van der Waals surface area contributed by atoms with Crippen LogP contribution in [-0.4, -0.2) is 193 Å². The molecule has 444 valence electrons. The Morgan fingerprint density at radius 1 is 0.937 bits per heavy atom. The number of likely N-dealkylation sites (N-methyl/N-ethyl adjacent to an activating group) is 1. The molecule has 1 aromatic heterocycles. The minimum absolute atomic E-state index is 0.00860. The Kier molecular flexibility index (Phi) is 20.7. The molecule has 0 bridgehead atoms. The molecule has 0 saturated carbocycles. The summed E-state index contributed by atoms with van der Waals surface area (Å²) in [5, 5.41) is 53.8. The number of aliphatic hydroxyl groups excluding tert-OH is 1. The summed E-state index contributed by atoms with van der Waals surface area (Å²) in [6.07, 6.45) is -7.94. The lowest BCUT2D eigenvalue weighted by Crippen LogP contribution is -2.61. The second-order valence-electron chi connectivity index (χ2n) is 23.3. The first-order valence-electron chi connectivity index (χ1n) is 27.6. The second kappa shape index (κ2) is 25.9. The fourth-order valence-corrected chi connectivity index (χ4v) is 12.4. The van der Waals surface area contributed by atoms with Gasteiger partial charge in [-0.25, -0.2) is 9.59 Å². The van der Waals surface area contributed by atoms with Crippen LogP contribution in [0.3, 0.4) is 0 Å². The van der Waals surface area contributed by atoms with E-state index in [0.717, 1.165) is 5.56 Å². The highest BCUT2D eigenvalue weighted by atomic mass is 16.8. The number of carboxylic acid groups (broad SMARTS) is 1. The van der Waals surface area contributed by atoms with Crippen molar-refractivity contribution in [2.24, 2.45) is 28.8 Å². The van der Waals surface area contributed by atoms with Crippen LogP contribution in [0.15, 0.2) is 34.3 Å². The predicted octanol–water partition coefficient (Wildman–Crippen LogP) is 4.60. The quantitative estimate of drug-likeness (QED) is 0.0476. The molecule has 5 N–H and O–H groups in total. The number of aliphatic hydroxyl groups is 2. The van der Waals surface area contributed by atoms with Crippen LogP contribution in [0.4, 0.5) is 4.79 Å². The molecule has 18 atom stereocenters. The predicted molar refractivity (Wildman–Crippen MR) is 289 cm³/mol. The molecule has 1 unspecified atom stereocenters. The molecule has 23 heteroatoms. The number of methoxy groups -OCH3 is 1. The number of hydrogen-bond donors (Lipinski definition) is 5. The number of hydrogen-bond acceptors (Lipinski definition) is 21. The third-order valence-electron chi connectivity index (χ3n) is 16.7. The number of fused-ring (bicyclic) bond motifs is 2. The van der Waals surface area contributed by atoms with Crippen molar-refractivity contribution in [1.29, 1.82) is 0 Å². The van der Waals surface area contributed by atoms with Gasteiger partial charge in [0.15, 0.2) is 30.4 Å². The first-order chi connectivity index (χ1) is 37.0. The number of rotatable bonds is 17. The van der Waals surface area contributed by atoms with E-state index >= 15 is 0 Å². The molecule has 23 nitrogen and oxygen atoms in total. The van der Waals surface area contributed by atoms with E-state index in [-0.39, 0.29) is 49.1 Å². The Bertz CT molecular complexity index is 2560. The van der Waals surface area contributed by atoms with Gasteiger partial charge in [-0.15, -0.1) is 0 Å². The van der Waals surface area contributed by atoms with Gasteiger partial charge in [-0.2, -0.15) is 0 Å². The number of nitrogens with zero attached hydrogens (tertiary/aromatic N) is 4. The first kappa shape index (κ1) is 63.2. The van der Waals surface area contributed by atoms with E-state index in [0.29, 0.717) is 43.3 Å². The van der Waals surface area contributed by atoms with Crippen molar-refractivity contribution in [3.8, 4) is 0 Å². The number of oxime groups is 1. The van der Waals surface area contributed by atoms with Crippen molar-refractivity contribution in [2.75, 3.05) is 53.4 Å². The number of carboxylic acids is 1. The maximum absolute atomic E-state index is 14.8. The van der Waals surface area contributed by atoms with Crippen LogP contribution in [0.1, 0.15) is 124 Å². The Morgan fingerprint density at radius 3 is 2.25 bits per heavy atom. The van der Waals surface area contributed by atoms with E-state index in [2.05, 4.69) is 10.5 Å². The maximum Gasteiger partial charge on any atom is 0.509 e. The molecule has 0 spiro atoms. The van der Waals surface area contributed by atoms with Gasteiger partial charge in [0.05, 0.1) is 53.6 Å². The van der Waals surface area contributed by atoms with Crippen LogP contribution in [-0.2, 0) is 58.6 Å². The molecule has 4 aliphatic heterocycles. The highest BCUT2D eigenvalue weighted by molar-refractivity contribution is 5.93. The highest BCUT2D eigenvalue weighted by Crippen LogP contribution is 2.44. The van der Waals surface area contributed by atoms with Crippen LogP contribution in [0.2, 0.25) is 0 Å². The van der Waals surface area contributed by atoms with Crippen LogP contribution in [0.25, 0.3) is 10.9 Å². The van der Waals surface area contributed by atoms with Crippen molar-refractivity contribution in [3.05, 3.63) is 45.7 Å². The summed E-state index contributed by atoms with van der Waals surface area (Å²) in [5.41, 5.74) is -3.80. The first-order valence-corrected chi connectivity index (χ1v) is 27.6. The molecule has 4 saturated heterocycles. The van der Waals surface area contributed by atoms with Crippen molar-refractivity contribution in [2.45, 2.75) is 198 Å². The molecule has 2 aromatic rings. The third kappa shape index (κ3) is 13.9. The Morgan fingerprint density at radius 2 is 1.63 bits per heavy atom. The number of carbonyl (C=O) groups is 4. The Labute approximate surface area is 463 Å². The molecule has 6 rings (SSSR count). The van der Waals surface area contributed by atoms with E-state index in [4.69, 9.17) is 42.6 Å². The fourth-order valence-electron chi connectivity index (χ4n) is 12.4. The highest BCUT2D eigenvalue weighted by Gasteiger charge is 2.59. The Balaban J connectivity index is 1.20. The number of aromatic carboxylic acids is 1. The number of aryl methyl sites for hydroxylation is 1. The summed E-state index contributed by atoms with van der Waals surface area (Å²) in [4.78, 5) is 68.0. The standard InChI is InChI=1S/C56H87N5O18/c1-16-40-56(10)48(78-53(68)79-56)31(4)43(58-70)29(2)26-54(8,69)47(77-52-45(64)39(59(11)12)24-30(3)72-52)32(5)46(33(6)51(67)74-40)76-42-27-55(9,71-15)49(34(7)73-42)75-41(62)21-23-57-22-17-18-35-19-20-38-36(25-35)44(63)37(50(65)66)28-61(38)60(13)14/h19-20,25,28-34,39-40,42,45-49,52,57,64,69-70H,16-18,21-24,26-27H2,1-15H3,(H,65,66)/b58-43+/t29-,30-,31?,32+,33-,34+,39+,40-,42+,45-,46+,47-,48-,49+,52+,54-,55-,56-/m1/s1. The zero-order valence-electron chi connectivity index (χ0n) is 48.6. The number of carbonyl (C=O) groups excluding carboxylic acids is 3. The van der Waals surface area contributed by atoms with Gasteiger partial charge >= 0.3 is 24.1 Å². The van der Waals surface area contributed by atoms with Crippen LogP contribution < -0.4 is 15.8 Å². The number of cyclic esters (lactones) is 1. The largest absolute Gasteiger partial charge is 0.509 e. The smallest absolute Gasteiger partial charge is 0.477 e. The van der Waals surface area contributed by atoms with Gasteiger partial charge in [0.25, 0.3) is 0 Å². The van der Waals surface area contributed by atoms with E-state index in [1.165, 1.54) is 13.3 Å². The van der Waals surface area contributed by atoms with E-state index in [1.807, 2.05) is 32.0 Å². The minimum Gasteiger partial charge on any atom is -0.477 e. The number of pyridine rings is 1. The fraction of sp³-hybridized carbons (Fsp3) is 0.750. The molecule has 1 aromatic carbocycles. The van der Waals surface area contributed by atoms with Gasteiger partial charge in [-0.05, 0) is 112 Å². The monoisotopic (exact) mass is 1120 g/mol. The van der Waals surface area contributed by atoms with Gasteiger partial charge in [0.2, 0.25) is 5.43 Å². The van der Waals surface area contributed by atoms with Gasteiger partial charge in [-0.1, -0.05) is 38.9 Å². The number of aromatic nitrogens is 1. The average molecular weight is 1120 g/mol. The van der Waals surface area contributed by atoms with Gasteiger partial charge < -0.3 is 78.4 Å². The molecule has 4 aliphatic rings. The summed E-state index contributed by atoms with van der Waals surface area (Å²) < 4.78 is 58.1. The van der Waals surface area contributed by atoms with Gasteiger partial charge in [0, 0.05) is 69.5 Å². The van der Waals surface area contributed by atoms with Crippen LogP contribution >= 0.6 is 0 Å². The summed E-state index contributed by atoms with van der Waals surface area (Å²) in [6.45, 7) is 18.0. The number of nitrogens with one attached hydrogen (secondary N) is 1. The molecule has 5 heterocycles. The summed E-state index contributed by atoms with van der Waals surface area (Å²) in [6, 6.07) is 5.05. The Hall–Kier alpha value is -4.98. The zero-order valence-corrected chi connectivity index (χ0v) is 48.6. The van der Waals surface area contributed by atoms with Crippen LogP contribution in [0.5, 0.6) is 0 Å². The topological polar surface area (TPSA) is 285 Å². The van der Waals surface area contributed by atoms with Crippen LogP contribution in [0, 0.1) is 23.7 Å². The lowest BCUT2D eigenvalue weighted by Gasteiger charge is -2.49. The maximum atomic E-state index is 14.8. The number of benzene rings is 1. The SMILES string of the molecule is CC[C@H]1OC(=O)[C@H](C)[C@@H](O[C@H]2C[C@@](C)(OC)[C@@H](OC(=O)CCNCCCc3ccc4c(c3)c(=O)c(C(=O)O)cn4N(C)C)[C@H](C)O2)[C@H](C)[C@@H](O[C@@H]2O[C@H](C)C[C@H](N(C)C)[C@H]2O)[C@](C)(O)C[C@@H](C)/C(=N\O)C(C)[C@H]2OC(=O)O[C@@]21C. The lowest BCUT2D eigenvalue weighted by atomic mass is 9.73. The van der Waals surface area contributed by atoms with Crippen molar-refractivity contribution >= 4 is 40.7 Å². The molecule has 4 fully saturated rings.